The fourth-order valence-corrected chi connectivity index (χ4v) is 3.28. The summed E-state index contributed by atoms with van der Waals surface area (Å²) in [6, 6.07) is 9.56. The van der Waals surface area contributed by atoms with E-state index in [0.29, 0.717) is 0 Å². The number of nitro groups is 1. The van der Waals surface area contributed by atoms with Crippen molar-refractivity contribution in [2.45, 2.75) is 24.0 Å². The van der Waals surface area contributed by atoms with Crippen LogP contribution >= 0.6 is 0 Å². The first-order valence-electron chi connectivity index (χ1n) is 7.64. The Morgan fingerprint density at radius 3 is 2.46 bits per heavy atom. The Labute approximate surface area is 150 Å². The van der Waals surface area contributed by atoms with Gasteiger partial charge in [-0.05, 0) is 44.2 Å². The molecule has 0 aliphatic heterocycles. The van der Waals surface area contributed by atoms with Crippen LogP contribution in [0.1, 0.15) is 24.2 Å². The molecule has 0 spiro atoms. The second-order valence-corrected chi connectivity index (χ2v) is 8.22. The Morgan fingerprint density at radius 1 is 1.19 bits per heavy atom. The van der Waals surface area contributed by atoms with Crippen LogP contribution in [0.3, 0.4) is 0 Å². The summed E-state index contributed by atoms with van der Waals surface area (Å²) in [6.07, 6.45) is 0. The molecule has 0 fully saturated rings. The fourth-order valence-electron chi connectivity index (χ4n) is 2.18. The summed E-state index contributed by atoms with van der Waals surface area (Å²) in [5.41, 5.74) is -0.265. The number of ether oxygens (including phenoxy) is 1. The molecule has 0 radical (unpaired) electrons. The molecule has 1 N–H and O–H groups in total. The second-order valence-electron chi connectivity index (χ2n) is 5.72. The van der Waals surface area contributed by atoms with Crippen molar-refractivity contribution in [1.82, 2.24) is 0 Å². The minimum absolute atomic E-state index is 0.0158. The zero-order valence-electron chi connectivity index (χ0n) is 14.4. The Balaban J connectivity index is 2.36. The fraction of sp³-hybridized carbons (Fsp3) is 0.235. The van der Waals surface area contributed by atoms with Crippen LogP contribution in [-0.4, -0.2) is 31.6 Å². The van der Waals surface area contributed by atoms with Gasteiger partial charge in [-0.15, -0.1) is 0 Å². The van der Waals surface area contributed by atoms with E-state index < -0.39 is 25.9 Å². The average Bonchev–Trinajstić information content (AvgIpc) is 2.61. The lowest BCUT2D eigenvalue weighted by atomic mass is 10.2. The van der Waals surface area contributed by atoms with Gasteiger partial charge < -0.3 is 10.1 Å². The third kappa shape index (κ3) is 3.99. The number of amides is 1. The predicted molar refractivity (Wildman–Crippen MR) is 96.4 cm³/mol. The highest BCUT2D eigenvalue weighted by Gasteiger charge is 2.22. The molecular weight excluding hydrogens is 360 g/mol. The minimum Gasteiger partial charge on any atom is -0.496 e. The molecule has 2 aromatic rings. The molecule has 8 nitrogen and oxygen atoms in total. The number of hydrogen-bond acceptors (Lipinski definition) is 6. The smallest absolute Gasteiger partial charge is 0.296 e. The zero-order valence-corrected chi connectivity index (χ0v) is 15.2. The van der Waals surface area contributed by atoms with Crippen molar-refractivity contribution < 1.29 is 22.9 Å². The molecule has 1 amide bonds. The molecule has 138 valence electrons. The van der Waals surface area contributed by atoms with Crippen LogP contribution in [0.25, 0.3) is 0 Å². The number of sulfone groups is 1. The van der Waals surface area contributed by atoms with E-state index in [2.05, 4.69) is 5.32 Å². The number of carbonyl (C=O) groups is 1. The van der Waals surface area contributed by atoms with E-state index in [0.717, 1.165) is 0 Å². The van der Waals surface area contributed by atoms with Gasteiger partial charge in [0.15, 0.2) is 9.84 Å². The monoisotopic (exact) mass is 378 g/mol. The number of rotatable bonds is 6. The van der Waals surface area contributed by atoms with Gasteiger partial charge in [0, 0.05) is 5.56 Å². The molecule has 0 heterocycles. The highest BCUT2D eigenvalue weighted by atomic mass is 32.2. The largest absolute Gasteiger partial charge is 0.496 e. The molecule has 0 bridgehead atoms. The van der Waals surface area contributed by atoms with Gasteiger partial charge in [0.2, 0.25) is 0 Å². The molecule has 26 heavy (non-hydrogen) atoms. The summed E-state index contributed by atoms with van der Waals surface area (Å²) in [4.78, 5) is 23.0. The van der Waals surface area contributed by atoms with Crippen molar-refractivity contribution in [3.8, 4) is 5.75 Å². The molecule has 2 rings (SSSR count). The van der Waals surface area contributed by atoms with Crippen LogP contribution < -0.4 is 10.1 Å². The lowest BCUT2D eigenvalue weighted by molar-refractivity contribution is -0.384. The first-order chi connectivity index (χ1) is 12.2. The first kappa shape index (κ1) is 19.4. The van der Waals surface area contributed by atoms with Crippen molar-refractivity contribution in [1.29, 1.82) is 0 Å². The third-order valence-corrected chi connectivity index (χ3v) is 5.85. The number of nitrogens with one attached hydrogen (secondary N) is 1. The number of benzene rings is 2. The van der Waals surface area contributed by atoms with Gasteiger partial charge >= 0.3 is 0 Å². The van der Waals surface area contributed by atoms with E-state index in [-0.39, 0.29) is 27.6 Å². The zero-order chi connectivity index (χ0) is 19.5. The summed E-state index contributed by atoms with van der Waals surface area (Å²) < 4.78 is 29.4. The highest BCUT2D eigenvalue weighted by molar-refractivity contribution is 7.92. The Kier molecular flexibility index (Phi) is 5.61. The van der Waals surface area contributed by atoms with Gasteiger partial charge in [-0.3, -0.25) is 14.9 Å². The minimum atomic E-state index is -3.54. The predicted octanol–water partition coefficient (Wildman–Crippen LogP) is 3.04. The van der Waals surface area contributed by atoms with Crippen molar-refractivity contribution in [2.24, 2.45) is 0 Å². The maximum Gasteiger partial charge on any atom is 0.296 e. The normalized spacial score (nSPS) is 11.2. The van der Waals surface area contributed by atoms with Gasteiger partial charge in [-0.2, -0.15) is 0 Å². The van der Waals surface area contributed by atoms with E-state index in [1.807, 2.05) is 0 Å². The summed E-state index contributed by atoms with van der Waals surface area (Å²) in [5.74, 6) is -0.376. The topological polar surface area (TPSA) is 116 Å². The summed E-state index contributed by atoms with van der Waals surface area (Å²) in [7, 11) is -2.17. The second kappa shape index (κ2) is 7.52. The molecule has 2 aromatic carbocycles. The van der Waals surface area contributed by atoms with E-state index in [4.69, 9.17) is 4.74 Å². The maximum atomic E-state index is 12.4. The molecule has 0 aliphatic carbocycles. The molecular formula is C17H18N2O6S. The average molecular weight is 378 g/mol. The van der Waals surface area contributed by atoms with Gasteiger partial charge in [0.25, 0.3) is 11.6 Å². The summed E-state index contributed by atoms with van der Waals surface area (Å²) >= 11 is 0. The van der Waals surface area contributed by atoms with Crippen molar-refractivity contribution in [3.05, 3.63) is 58.1 Å². The van der Waals surface area contributed by atoms with E-state index in [9.17, 15) is 23.3 Å². The van der Waals surface area contributed by atoms with Crippen molar-refractivity contribution >= 4 is 27.1 Å². The quantitative estimate of drug-likeness (QED) is 0.610. The number of nitro benzene ring substituents is 1. The Morgan fingerprint density at radius 2 is 1.88 bits per heavy atom. The number of nitrogens with zero attached hydrogens (tertiary/aromatic N) is 1. The number of anilines is 1. The van der Waals surface area contributed by atoms with Crippen molar-refractivity contribution in [2.75, 3.05) is 12.4 Å². The van der Waals surface area contributed by atoms with Crippen molar-refractivity contribution in [3.63, 3.8) is 0 Å². The molecule has 0 aromatic heterocycles. The summed E-state index contributed by atoms with van der Waals surface area (Å²) in [5, 5.41) is 13.0. The standard InChI is InChI=1S/C17H18N2O6S/c1-11(2)26(23,24)14-6-4-5-12(9-14)17(20)18-15-8-7-13(25-3)10-16(15)19(21)22/h4-11H,1-3H3,(H,18,20). The van der Waals surface area contributed by atoms with Crippen LogP contribution in [-0.2, 0) is 9.84 Å². The summed E-state index contributed by atoms with van der Waals surface area (Å²) in [6.45, 7) is 3.09. The van der Waals surface area contributed by atoms with Crippen LogP contribution in [0, 0.1) is 10.1 Å². The number of methoxy groups -OCH3 is 1. The lowest BCUT2D eigenvalue weighted by Crippen LogP contribution is -2.17. The van der Waals surface area contributed by atoms with Gasteiger partial charge in [-0.1, -0.05) is 6.07 Å². The molecule has 0 aliphatic rings. The first-order valence-corrected chi connectivity index (χ1v) is 9.19. The van der Waals surface area contributed by atoms with Crippen LogP contribution in [0.2, 0.25) is 0 Å². The Bertz CT molecular complexity index is 953. The van der Waals surface area contributed by atoms with E-state index >= 15 is 0 Å². The van der Waals surface area contributed by atoms with Gasteiger partial charge in [0.1, 0.15) is 11.4 Å². The number of hydrogen-bond donors (Lipinski definition) is 1. The van der Waals surface area contributed by atoms with Crippen LogP contribution in [0.15, 0.2) is 47.4 Å². The van der Waals surface area contributed by atoms with Crippen LogP contribution in [0.5, 0.6) is 5.75 Å². The SMILES string of the molecule is COc1ccc(NC(=O)c2cccc(S(=O)(=O)C(C)C)c2)c([N+](=O)[O-])c1. The van der Waals surface area contributed by atoms with Gasteiger partial charge in [-0.25, -0.2) is 8.42 Å². The van der Waals surface area contributed by atoms with Gasteiger partial charge in [0.05, 0.1) is 28.2 Å². The molecule has 9 heteroatoms. The van der Waals surface area contributed by atoms with E-state index in [1.165, 1.54) is 49.6 Å². The molecule has 0 unspecified atom stereocenters. The maximum absolute atomic E-state index is 12.4. The number of carbonyl (C=O) groups excluding carboxylic acids is 1. The Hall–Kier alpha value is -2.94. The molecule has 0 atom stereocenters. The third-order valence-electron chi connectivity index (χ3n) is 3.70. The highest BCUT2D eigenvalue weighted by Crippen LogP contribution is 2.29. The van der Waals surface area contributed by atoms with E-state index in [1.54, 1.807) is 13.8 Å². The van der Waals surface area contributed by atoms with Crippen LogP contribution in [0.4, 0.5) is 11.4 Å². The lowest BCUT2D eigenvalue weighted by Gasteiger charge is -2.10. The molecule has 0 saturated heterocycles. The molecule has 0 saturated carbocycles.